The minimum atomic E-state index is -0.587. The van der Waals surface area contributed by atoms with Gasteiger partial charge in [-0.3, -0.25) is 9.36 Å². The van der Waals surface area contributed by atoms with Crippen molar-refractivity contribution in [3.8, 4) is 11.4 Å². The largest absolute Gasteiger partial charge is 0.495 e. The van der Waals surface area contributed by atoms with Gasteiger partial charge in [0.1, 0.15) is 11.6 Å². The number of aryl methyl sites for hydroxylation is 1. The molecule has 7 nitrogen and oxygen atoms in total. The van der Waals surface area contributed by atoms with E-state index in [0.717, 1.165) is 21.9 Å². The first kappa shape index (κ1) is 28.7. The standard InChI is InChI=1S/C37H34N4O3/c1-25-20-21-34(44-3)33(24-25)41-35(38-32-18-10-9-17-30(32)36(41)42)26(2)40(23-22-27-12-5-4-6-13-27)37(43)39-31-19-11-15-28-14-7-8-16-29(28)31/h4-21,24,26H,22-23H2,1-3H3,(H,39,43). The molecule has 0 saturated heterocycles. The van der Waals surface area contributed by atoms with Crippen molar-refractivity contribution in [1.29, 1.82) is 0 Å². The number of anilines is 1. The van der Waals surface area contributed by atoms with Crippen molar-refractivity contribution < 1.29 is 9.53 Å². The molecule has 5 aromatic carbocycles. The summed E-state index contributed by atoms with van der Waals surface area (Å²) < 4.78 is 7.31. The molecule has 0 radical (unpaired) electrons. The monoisotopic (exact) mass is 582 g/mol. The fourth-order valence-corrected chi connectivity index (χ4v) is 5.66. The van der Waals surface area contributed by atoms with Crippen molar-refractivity contribution in [3.05, 3.63) is 143 Å². The van der Waals surface area contributed by atoms with E-state index in [1.165, 1.54) is 0 Å². The third kappa shape index (κ3) is 5.64. The molecule has 0 spiro atoms. The summed E-state index contributed by atoms with van der Waals surface area (Å²) in [6.45, 7) is 4.29. The molecule has 6 rings (SSSR count). The number of carbonyl (C=O) groups excluding carboxylic acids is 1. The highest BCUT2D eigenvalue weighted by molar-refractivity contribution is 6.01. The lowest BCUT2D eigenvalue weighted by molar-refractivity contribution is 0.190. The lowest BCUT2D eigenvalue weighted by Crippen LogP contribution is -2.41. The summed E-state index contributed by atoms with van der Waals surface area (Å²) in [4.78, 5) is 35.2. The Labute approximate surface area is 256 Å². The molecular weight excluding hydrogens is 548 g/mol. The maximum atomic E-state index is 14.2. The quantitative estimate of drug-likeness (QED) is 0.200. The highest BCUT2D eigenvalue weighted by Gasteiger charge is 2.28. The van der Waals surface area contributed by atoms with Gasteiger partial charge in [-0.25, -0.2) is 9.78 Å². The van der Waals surface area contributed by atoms with Crippen LogP contribution in [0, 0.1) is 6.92 Å². The topological polar surface area (TPSA) is 76.5 Å². The van der Waals surface area contributed by atoms with Crippen LogP contribution in [0.4, 0.5) is 10.5 Å². The summed E-state index contributed by atoms with van der Waals surface area (Å²) in [6.07, 6.45) is 0.625. The number of ether oxygens (including phenoxy) is 1. The van der Waals surface area contributed by atoms with E-state index >= 15 is 0 Å². The number of rotatable bonds is 8. The molecule has 220 valence electrons. The lowest BCUT2D eigenvalue weighted by atomic mass is 10.1. The Balaban J connectivity index is 1.49. The van der Waals surface area contributed by atoms with Gasteiger partial charge < -0.3 is 15.0 Å². The van der Waals surface area contributed by atoms with E-state index < -0.39 is 6.04 Å². The summed E-state index contributed by atoms with van der Waals surface area (Å²) in [7, 11) is 1.58. The average Bonchev–Trinajstić information content (AvgIpc) is 3.05. The van der Waals surface area contributed by atoms with Crippen molar-refractivity contribution in [1.82, 2.24) is 14.5 Å². The maximum Gasteiger partial charge on any atom is 0.322 e. The first-order valence-electron chi connectivity index (χ1n) is 14.7. The Morgan fingerprint density at radius 2 is 1.59 bits per heavy atom. The van der Waals surface area contributed by atoms with Crippen LogP contribution >= 0.6 is 0 Å². The van der Waals surface area contributed by atoms with Gasteiger partial charge in [-0.2, -0.15) is 0 Å². The fourth-order valence-electron chi connectivity index (χ4n) is 5.66. The molecule has 1 N–H and O–H groups in total. The number of carbonyl (C=O) groups is 1. The Hall–Kier alpha value is -5.43. The molecule has 0 bridgehead atoms. The third-order valence-corrected chi connectivity index (χ3v) is 7.99. The van der Waals surface area contributed by atoms with Crippen LogP contribution < -0.4 is 15.6 Å². The second-order valence-electron chi connectivity index (χ2n) is 10.9. The number of fused-ring (bicyclic) bond motifs is 2. The average molecular weight is 583 g/mol. The van der Waals surface area contributed by atoms with E-state index in [9.17, 15) is 9.59 Å². The molecule has 0 saturated carbocycles. The minimum absolute atomic E-state index is 0.223. The molecule has 1 atom stereocenters. The number of hydrogen-bond donors (Lipinski definition) is 1. The first-order valence-corrected chi connectivity index (χ1v) is 14.7. The van der Waals surface area contributed by atoms with Crippen LogP contribution in [0.1, 0.15) is 29.9 Å². The number of nitrogens with one attached hydrogen (secondary N) is 1. The number of urea groups is 1. The summed E-state index contributed by atoms with van der Waals surface area (Å²) in [5.41, 5.74) is 3.71. The van der Waals surface area contributed by atoms with E-state index in [-0.39, 0.29) is 11.6 Å². The number of benzene rings is 5. The van der Waals surface area contributed by atoms with Gasteiger partial charge in [0, 0.05) is 11.9 Å². The van der Waals surface area contributed by atoms with Gasteiger partial charge in [0.2, 0.25) is 0 Å². The molecule has 0 aliphatic heterocycles. The van der Waals surface area contributed by atoms with Gasteiger partial charge in [0.05, 0.1) is 35.4 Å². The van der Waals surface area contributed by atoms with E-state index in [4.69, 9.17) is 9.72 Å². The van der Waals surface area contributed by atoms with Crippen LogP contribution in [-0.2, 0) is 6.42 Å². The Kier molecular flexibility index (Phi) is 8.10. The minimum Gasteiger partial charge on any atom is -0.495 e. The molecule has 0 fully saturated rings. The van der Waals surface area contributed by atoms with Gasteiger partial charge in [-0.1, -0.05) is 84.9 Å². The molecule has 1 unspecified atom stereocenters. The zero-order valence-electron chi connectivity index (χ0n) is 25.0. The van der Waals surface area contributed by atoms with E-state index in [2.05, 4.69) is 5.32 Å². The van der Waals surface area contributed by atoms with Crippen molar-refractivity contribution in [2.45, 2.75) is 26.3 Å². The maximum absolute atomic E-state index is 14.2. The number of nitrogens with zero attached hydrogens (tertiary/aromatic N) is 3. The fraction of sp³-hybridized carbons (Fsp3) is 0.162. The van der Waals surface area contributed by atoms with Gasteiger partial charge in [-0.05, 0) is 67.1 Å². The molecular formula is C37H34N4O3. The predicted octanol–water partition coefficient (Wildman–Crippen LogP) is 7.69. The molecule has 7 heteroatoms. The summed E-state index contributed by atoms with van der Waals surface area (Å²) in [5, 5.41) is 5.63. The molecule has 0 aliphatic rings. The van der Waals surface area contributed by atoms with Crippen molar-refractivity contribution >= 4 is 33.4 Å². The van der Waals surface area contributed by atoms with Crippen LogP contribution in [0.2, 0.25) is 0 Å². The molecule has 6 aromatic rings. The second-order valence-corrected chi connectivity index (χ2v) is 10.9. The van der Waals surface area contributed by atoms with E-state index in [1.807, 2.05) is 123 Å². The number of para-hydroxylation sites is 1. The van der Waals surface area contributed by atoms with E-state index in [0.29, 0.717) is 46.8 Å². The van der Waals surface area contributed by atoms with Gasteiger partial charge in [0.15, 0.2) is 0 Å². The number of aromatic nitrogens is 2. The van der Waals surface area contributed by atoms with Crippen LogP contribution in [0.3, 0.4) is 0 Å². The number of methoxy groups -OCH3 is 1. The highest BCUT2D eigenvalue weighted by atomic mass is 16.5. The van der Waals surface area contributed by atoms with Gasteiger partial charge in [0.25, 0.3) is 5.56 Å². The number of amides is 2. The predicted molar refractivity (Wildman–Crippen MR) is 177 cm³/mol. The van der Waals surface area contributed by atoms with Crippen molar-refractivity contribution in [3.63, 3.8) is 0 Å². The smallest absolute Gasteiger partial charge is 0.322 e. The van der Waals surface area contributed by atoms with Crippen LogP contribution in [-0.4, -0.2) is 34.1 Å². The van der Waals surface area contributed by atoms with Gasteiger partial charge >= 0.3 is 6.03 Å². The third-order valence-electron chi connectivity index (χ3n) is 7.99. The molecule has 2 amide bonds. The Morgan fingerprint density at radius 1 is 0.886 bits per heavy atom. The highest BCUT2D eigenvalue weighted by Crippen LogP contribution is 2.30. The van der Waals surface area contributed by atoms with E-state index in [1.54, 1.807) is 22.6 Å². The molecule has 1 heterocycles. The summed E-state index contributed by atoms with van der Waals surface area (Å²) >= 11 is 0. The second kappa shape index (κ2) is 12.4. The SMILES string of the molecule is COc1ccc(C)cc1-n1c(C(C)N(CCc2ccccc2)C(=O)Nc2cccc3ccccc23)nc2ccccc2c1=O. The van der Waals surface area contributed by atoms with Crippen LogP contribution in [0.5, 0.6) is 5.75 Å². The van der Waals surface area contributed by atoms with Gasteiger partial charge in [-0.15, -0.1) is 0 Å². The Morgan fingerprint density at radius 3 is 2.39 bits per heavy atom. The summed E-state index contributed by atoms with van der Waals surface area (Å²) in [6, 6.07) is 36.0. The molecule has 44 heavy (non-hydrogen) atoms. The normalized spacial score (nSPS) is 11.8. The number of hydrogen-bond acceptors (Lipinski definition) is 4. The zero-order valence-corrected chi connectivity index (χ0v) is 25.0. The lowest BCUT2D eigenvalue weighted by Gasteiger charge is -2.31. The molecule has 1 aromatic heterocycles. The summed E-state index contributed by atoms with van der Waals surface area (Å²) in [5.74, 6) is 0.984. The van der Waals surface area contributed by atoms with Crippen molar-refractivity contribution in [2.24, 2.45) is 0 Å². The van der Waals surface area contributed by atoms with Crippen LogP contribution in [0.25, 0.3) is 27.4 Å². The van der Waals surface area contributed by atoms with Crippen LogP contribution in [0.15, 0.2) is 120 Å². The molecule has 0 aliphatic carbocycles. The first-order chi connectivity index (χ1) is 21.4. The zero-order chi connectivity index (χ0) is 30.6. The van der Waals surface area contributed by atoms with Crippen molar-refractivity contribution in [2.75, 3.05) is 19.0 Å². The Bertz CT molecular complexity index is 2010.